The number of rotatable bonds is 13. The number of carbonyl (C=O) groups is 5. The van der Waals surface area contributed by atoms with Crippen LogP contribution in [0.1, 0.15) is 52.0 Å². The Morgan fingerprint density at radius 1 is 0.919 bits per heavy atom. The number of aliphatic hydroxyl groups is 1. The largest absolute Gasteiger partial charge is 0.392 e. The summed E-state index contributed by atoms with van der Waals surface area (Å²) in [5.41, 5.74) is 0.647. The number of amides is 5. The highest BCUT2D eigenvalue weighted by Crippen LogP contribution is 2.29. The first-order valence-electron chi connectivity index (χ1n) is 12.0. The average Bonchev–Trinajstić information content (AvgIpc) is 3.15. The second-order valence-corrected chi connectivity index (χ2v) is 9.88. The Kier molecular flexibility index (Phi) is 11.5. The van der Waals surface area contributed by atoms with Crippen LogP contribution in [0.2, 0.25) is 10.0 Å². The van der Waals surface area contributed by atoms with Gasteiger partial charge in [0.05, 0.1) is 17.3 Å². The first-order valence-corrected chi connectivity index (χ1v) is 12.7. The summed E-state index contributed by atoms with van der Waals surface area (Å²) in [5, 5.41) is 17.6. The summed E-state index contributed by atoms with van der Waals surface area (Å²) >= 11 is 12.2. The molecule has 0 aromatic heterocycles. The zero-order chi connectivity index (χ0) is 27.7. The quantitative estimate of drug-likeness (QED) is 0.218. The van der Waals surface area contributed by atoms with Crippen molar-refractivity contribution >= 4 is 58.4 Å². The number of unbranched alkanes of at least 4 members (excludes halogenated alkanes) is 2. The number of imide groups is 1. The molecule has 2 atom stereocenters. The number of hydrogen-bond acceptors (Lipinski definition) is 6. The van der Waals surface area contributed by atoms with Gasteiger partial charge in [0, 0.05) is 30.1 Å². The van der Waals surface area contributed by atoms with Gasteiger partial charge < -0.3 is 21.1 Å². The summed E-state index contributed by atoms with van der Waals surface area (Å²) in [5.74, 6) is -2.26. The van der Waals surface area contributed by atoms with Crippen LogP contribution >= 0.6 is 23.2 Å². The van der Waals surface area contributed by atoms with Crippen LogP contribution < -0.4 is 16.0 Å². The molecular weight excluding hydrogens is 523 g/mol. The van der Waals surface area contributed by atoms with E-state index in [1.807, 2.05) is 0 Å². The maximum absolute atomic E-state index is 12.8. The third-order valence-electron chi connectivity index (χ3n) is 5.77. The maximum atomic E-state index is 12.8. The van der Waals surface area contributed by atoms with E-state index in [0.29, 0.717) is 31.4 Å². The average molecular weight is 555 g/mol. The lowest BCUT2D eigenvalue weighted by Gasteiger charge is -2.24. The Hall–Kier alpha value is -2.95. The van der Waals surface area contributed by atoms with Crippen molar-refractivity contribution in [2.75, 3.05) is 11.9 Å². The van der Waals surface area contributed by atoms with Crippen molar-refractivity contribution in [3.63, 3.8) is 0 Å². The summed E-state index contributed by atoms with van der Waals surface area (Å²) in [6, 6.07) is 1.06. The number of carbonyl (C=O) groups excluding carboxylic acids is 5. The molecule has 4 N–H and O–H groups in total. The molecule has 12 heteroatoms. The summed E-state index contributed by atoms with van der Waals surface area (Å²) in [6.07, 6.45) is 4.38. The van der Waals surface area contributed by atoms with Crippen LogP contribution in [-0.2, 0) is 30.6 Å². The van der Waals surface area contributed by atoms with E-state index in [9.17, 15) is 29.1 Å². The maximum Gasteiger partial charge on any atom is 0.253 e. The number of benzene rings is 1. The van der Waals surface area contributed by atoms with E-state index < -0.39 is 23.9 Å². The number of halogens is 2. The second-order valence-electron chi connectivity index (χ2n) is 9.06. The van der Waals surface area contributed by atoms with E-state index in [0.717, 1.165) is 4.90 Å². The molecule has 0 radical (unpaired) electrons. The minimum atomic E-state index is -0.941. The van der Waals surface area contributed by atoms with Gasteiger partial charge in [0.25, 0.3) is 11.8 Å². The van der Waals surface area contributed by atoms with E-state index >= 15 is 0 Å². The Morgan fingerprint density at radius 3 is 2.16 bits per heavy atom. The fourth-order valence-electron chi connectivity index (χ4n) is 3.58. The minimum absolute atomic E-state index is 0.176. The fraction of sp³-hybridized carbons (Fsp3) is 0.480. The van der Waals surface area contributed by atoms with Crippen LogP contribution in [0.5, 0.6) is 0 Å². The molecule has 0 unspecified atom stereocenters. The van der Waals surface area contributed by atoms with Crippen molar-refractivity contribution in [3.8, 4) is 0 Å². The topological polar surface area (TPSA) is 145 Å². The monoisotopic (exact) mass is 554 g/mol. The van der Waals surface area contributed by atoms with Gasteiger partial charge in [-0.3, -0.25) is 28.9 Å². The van der Waals surface area contributed by atoms with E-state index in [-0.39, 0.29) is 52.4 Å². The number of hydrogen-bond donors (Lipinski definition) is 4. The molecule has 0 spiro atoms. The van der Waals surface area contributed by atoms with Crippen LogP contribution in [0.4, 0.5) is 5.69 Å². The van der Waals surface area contributed by atoms with Gasteiger partial charge in [-0.1, -0.05) is 43.5 Å². The normalized spacial score (nSPS) is 14.6. The molecule has 10 nitrogen and oxygen atoms in total. The van der Waals surface area contributed by atoms with E-state index in [2.05, 4.69) is 16.0 Å². The van der Waals surface area contributed by atoms with Crippen molar-refractivity contribution < 1.29 is 29.1 Å². The summed E-state index contributed by atoms with van der Waals surface area (Å²) in [7, 11) is 0. The molecule has 37 heavy (non-hydrogen) atoms. The molecule has 1 heterocycles. The zero-order valence-electron chi connectivity index (χ0n) is 21.0. The third kappa shape index (κ3) is 8.84. The number of nitrogens with one attached hydrogen (secondary N) is 3. The Balaban J connectivity index is 1.81. The molecule has 1 aliphatic heterocycles. The zero-order valence-corrected chi connectivity index (χ0v) is 22.5. The van der Waals surface area contributed by atoms with Crippen LogP contribution in [0.25, 0.3) is 0 Å². The Labute approximate surface area is 225 Å². The van der Waals surface area contributed by atoms with Gasteiger partial charge >= 0.3 is 0 Å². The van der Waals surface area contributed by atoms with Crippen LogP contribution in [0.15, 0.2) is 24.3 Å². The highest BCUT2D eigenvalue weighted by Gasteiger charge is 2.27. The van der Waals surface area contributed by atoms with Gasteiger partial charge in [-0.05, 0) is 43.4 Å². The van der Waals surface area contributed by atoms with Gasteiger partial charge in [0.1, 0.15) is 12.1 Å². The minimum Gasteiger partial charge on any atom is -0.392 e. The van der Waals surface area contributed by atoms with Gasteiger partial charge in [-0.15, -0.1) is 0 Å². The second kappa shape index (κ2) is 14.1. The predicted molar refractivity (Wildman–Crippen MR) is 140 cm³/mol. The molecule has 202 valence electrons. The summed E-state index contributed by atoms with van der Waals surface area (Å²) in [4.78, 5) is 62.1. The van der Waals surface area contributed by atoms with Crippen molar-refractivity contribution in [3.05, 3.63) is 39.9 Å². The van der Waals surface area contributed by atoms with Crippen molar-refractivity contribution in [1.82, 2.24) is 15.5 Å². The molecule has 0 aliphatic carbocycles. The molecule has 1 aliphatic rings. The Morgan fingerprint density at radius 2 is 1.57 bits per heavy atom. The molecule has 5 amide bonds. The van der Waals surface area contributed by atoms with Crippen molar-refractivity contribution in [2.45, 2.75) is 65.1 Å². The molecule has 0 saturated carbocycles. The van der Waals surface area contributed by atoms with Gasteiger partial charge in [-0.25, -0.2) is 0 Å². The molecule has 0 fully saturated rings. The van der Waals surface area contributed by atoms with Gasteiger partial charge in [0.2, 0.25) is 17.7 Å². The smallest absolute Gasteiger partial charge is 0.253 e. The Bertz CT molecular complexity index is 1060. The standard InChI is InChI=1S/C25H32Cl2N4O6/c1-14(2)23(30-20(33)7-5-4-6-10-31-21(34)8-9-22(31)35)25(37)28-15(3)24(36)29-19-12-17(26)16(13-32)11-18(19)27/h8-9,11-12,14-15,23,32H,4-7,10,13H2,1-3H3,(H,28,37)(H,29,36)(H,30,33)/t15-,23-/m0/s1. The van der Waals surface area contributed by atoms with E-state index in [1.165, 1.54) is 31.2 Å². The molecule has 2 rings (SSSR count). The lowest BCUT2D eigenvalue weighted by molar-refractivity contribution is -0.137. The SMILES string of the molecule is CC(C)[C@H](NC(=O)CCCCCN1C(=O)C=CC1=O)C(=O)N[C@@H](C)C(=O)Nc1cc(Cl)c(CO)cc1Cl. The number of anilines is 1. The summed E-state index contributed by atoms with van der Waals surface area (Å²) in [6.45, 7) is 5.04. The third-order valence-corrected chi connectivity index (χ3v) is 6.43. The van der Waals surface area contributed by atoms with Crippen LogP contribution in [-0.4, -0.2) is 58.2 Å². The van der Waals surface area contributed by atoms with Crippen molar-refractivity contribution in [2.24, 2.45) is 5.92 Å². The molecule has 0 saturated heterocycles. The van der Waals surface area contributed by atoms with Gasteiger partial charge in [-0.2, -0.15) is 0 Å². The summed E-state index contributed by atoms with van der Waals surface area (Å²) < 4.78 is 0. The highest BCUT2D eigenvalue weighted by atomic mass is 35.5. The molecule has 1 aromatic carbocycles. The predicted octanol–water partition coefficient (Wildman–Crippen LogP) is 2.56. The van der Waals surface area contributed by atoms with Crippen molar-refractivity contribution in [1.29, 1.82) is 0 Å². The van der Waals surface area contributed by atoms with E-state index in [4.69, 9.17) is 23.2 Å². The lowest BCUT2D eigenvalue weighted by Crippen LogP contribution is -2.53. The van der Waals surface area contributed by atoms with Gasteiger partial charge in [0.15, 0.2) is 0 Å². The highest BCUT2D eigenvalue weighted by molar-refractivity contribution is 6.36. The van der Waals surface area contributed by atoms with Crippen LogP contribution in [0, 0.1) is 5.92 Å². The molecular formula is C25H32Cl2N4O6. The fourth-order valence-corrected chi connectivity index (χ4v) is 4.04. The molecule has 0 bridgehead atoms. The first-order chi connectivity index (χ1) is 17.4. The number of nitrogens with zero attached hydrogens (tertiary/aromatic N) is 1. The van der Waals surface area contributed by atoms with E-state index in [1.54, 1.807) is 13.8 Å². The van der Waals surface area contributed by atoms with Crippen LogP contribution in [0.3, 0.4) is 0 Å². The first kappa shape index (κ1) is 30.3. The number of aliphatic hydroxyl groups excluding tert-OH is 1. The molecule has 1 aromatic rings. The lowest BCUT2D eigenvalue weighted by atomic mass is 10.0.